The minimum atomic E-state index is -3.24. The lowest BCUT2D eigenvalue weighted by Gasteiger charge is -2.37. The minimum absolute atomic E-state index is 0.134. The second-order valence-corrected chi connectivity index (χ2v) is 12.7. The number of fused-ring (bicyclic) bond motifs is 5. The van der Waals surface area contributed by atoms with Crippen LogP contribution in [0.2, 0.25) is 0 Å². The molecule has 2 aliphatic carbocycles. The summed E-state index contributed by atoms with van der Waals surface area (Å²) in [4.78, 5) is 5.02. The first-order valence-corrected chi connectivity index (χ1v) is 14.1. The van der Waals surface area contributed by atoms with Gasteiger partial charge in [-0.25, -0.2) is 17.2 Å². The van der Waals surface area contributed by atoms with Gasteiger partial charge in [-0.3, -0.25) is 9.67 Å². The molecule has 37 heavy (non-hydrogen) atoms. The molecule has 7 nitrogen and oxygen atoms in total. The molecule has 190 valence electrons. The third-order valence-corrected chi connectivity index (χ3v) is 8.82. The van der Waals surface area contributed by atoms with Gasteiger partial charge >= 0.3 is 0 Å². The molecular weight excluding hydrogens is 496 g/mol. The van der Waals surface area contributed by atoms with E-state index < -0.39 is 26.9 Å². The van der Waals surface area contributed by atoms with Crippen molar-refractivity contribution in [2.75, 3.05) is 6.26 Å². The Morgan fingerprint density at radius 1 is 1.05 bits per heavy atom. The summed E-state index contributed by atoms with van der Waals surface area (Å²) in [7, 11) is -3.24. The molecule has 0 amide bonds. The van der Waals surface area contributed by atoms with Crippen LogP contribution >= 0.6 is 0 Å². The Morgan fingerprint density at radius 3 is 2.51 bits per heavy atom. The van der Waals surface area contributed by atoms with E-state index in [9.17, 15) is 17.2 Å². The number of hydrogen-bond donors (Lipinski definition) is 0. The zero-order valence-electron chi connectivity index (χ0n) is 20.6. The van der Waals surface area contributed by atoms with Crippen molar-refractivity contribution in [2.45, 2.75) is 43.9 Å². The average Bonchev–Trinajstić information content (AvgIpc) is 3.45. The SMILES string of the molecule is CC1(C)[C@H]2CC[C@]1(c1cccc(-c3cnn(CS(C)(=O)=O)c3)n1)c1nnc(-c3c(F)cccc3F)cc12. The number of rotatable bonds is 5. The summed E-state index contributed by atoms with van der Waals surface area (Å²) in [6.45, 7) is 4.38. The number of benzene rings is 1. The monoisotopic (exact) mass is 521 g/mol. The Morgan fingerprint density at radius 2 is 1.78 bits per heavy atom. The fourth-order valence-corrected chi connectivity index (χ4v) is 7.02. The molecule has 2 atom stereocenters. The largest absolute Gasteiger partial charge is 0.257 e. The van der Waals surface area contributed by atoms with Crippen LogP contribution in [0, 0.1) is 17.0 Å². The summed E-state index contributed by atoms with van der Waals surface area (Å²) < 4.78 is 53.7. The van der Waals surface area contributed by atoms with Gasteiger partial charge in [0, 0.05) is 18.0 Å². The number of aromatic nitrogens is 5. The summed E-state index contributed by atoms with van der Waals surface area (Å²) in [6, 6.07) is 11.3. The number of halogens is 2. The first-order chi connectivity index (χ1) is 17.5. The number of nitrogens with zero attached hydrogens (tertiary/aromatic N) is 5. The van der Waals surface area contributed by atoms with Crippen LogP contribution in [0.25, 0.3) is 22.5 Å². The maximum atomic E-state index is 14.5. The van der Waals surface area contributed by atoms with Crippen LogP contribution in [0.4, 0.5) is 8.78 Å². The van der Waals surface area contributed by atoms with E-state index >= 15 is 0 Å². The van der Waals surface area contributed by atoms with Gasteiger partial charge in [-0.05, 0) is 60.1 Å². The molecule has 0 aliphatic heterocycles. The van der Waals surface area contributed by atoms with Gasteiger partial charge in [0.05, 0.1) is 40.0 Å². The summed E-state index contributed by atoms with van der Waals surface area (Å²) in [5.74, 6) is -1.41. The van der Waals surface area contributed by atoms with E-state index in [1.54, 1.807) is 18.5 Å². The molecule has 0 spiro atoms. The zero-order valence-corrected chi connectivity index (χ0v) is 21.4. The van der Waals surface area contributed by atoms with E-state index in [0.29, 0.717) is 11.3 Å². The second kappa shape index (κ2) is 7.98. The fourth-order valence-electron chi connectivity index (χ4n) is 6.40. The predicted molar refractivity (Wildman–Crippen MR) is 134 cm³/mol. The molecule has 4 aromatic rings. The molecule has 0 saturated heterocycles. The second-order valence-electron chi connectivity index (χ2n) is 10.6. The van der Waals surface area contributed by atoms with Crippen LogP contribution in [0.1, 0.15) is 49.6 Å². The van der Waals surface area contributed by atoms with E-state index in [2.05, 4.69) is 29.1 Å². The first kappa shape index (κ1) is 23.8. The van der Waals surface area contributed by atoms with E-state index in [0.717, 1.165) is 36.0 Å². The molecule has 3 heterocycles. The van der Waals surface area contributed by atoms with Gasteiger partial charge in [0.1, 0.15) is 17.5 Å². The Hall–Kier alpha value is -3.53. The first-order valence-electron chi connectivity index (χ1n) is 12.0. The van der Waals surface area contributed by atoms with Gasteiger partial charge < -0.3 is 0 Å². The van der Waals surface area contributed by atoms with Gasteiger partial charge in [0.15, 0.2) is 9.84 Å². The molecule has 0 radical (unpaired) electrons. The van der Waals surface area contributed by atoms with Crippen molar-refractivity contribution in [3.05, 3.63) is 83.4 Å². The molecule has 1 fully saturated rings. The zero-order chi connectivity index (χ0) is 26.2. The lowest BCUT2D eigenvalue weighted by molar-refractivity contribution is 0.243. The van der Waals surface area contributed by atoms with Crippen molar-refractivity contribution >= 4 is 9.84 Å². The molecule has 1 saturated carbocycles. The van der Waals surface area contributed by atoms with Crippen LogP contribution in [0.5, 0.6) is 0 Å². The molecule has 3 aromatic heterocycles. The third kappa shape index (κ3) is 3.53. The van der Waals surface area contributed by atoms with Crippen molar-refractivity contribution in [2.24, 2.45) is 5.41 Å². The molecule has 10 heteroatoms. The van der Waals surface area contributed by atoms with Crippen LogP contribution in [-0.4, -0.2) is 39.6 Å². The quantitative estimate of drug-likeness (QED) is 0.372. The van der Waals surface area contributed by atoms with Crippen molar-refractivity contribution in [1.29, 1.82) is 0 Å². The smallest absolute Gasteiger partial charge is 0.167 e. The van der Waals surface area contributed by atoms with Crippen LogP contribution in [0.15, 0.2) is 54.9 Å². The predicted octanol–water partition coefficient (Wildman–Crippen LogP) is 4.89. The normalized spacial score (nSPS) is 21.8. The van der Waals surface area contributed by atoms with E-state index in [1.807, 2.05) is 18.2 Å². The highest BCUT2D eigenvalue weighted by Gasteiger charge is 2.65. The van der Waals surface area contributed by atoms with Crippen molar-refractivity contribution < 1.29 is 17.2 Å². The molecule has 2 aliphatic rings. The molecule has 0 N–H and O–H groups in total. The maximum Gasteiger partial charge on any atom is 0.167 e. The standard InChI is InChI=1S/C27H25F2N5O2S/c1-26(2)18-10-11-27(26,25-17(18)12-22(32-33-25)24-19(28)6-4-7-20(24)29)23-9-5-8-21(31-23)16-13-30-34(14-16)15-37(3,35)36/h4-9,12-14,18H,10-11,15H2,1-3H3/t18-,27-/m0/s1. The van der Waals surface area contributed by atoms with Gasteiger partial charge in [0.25, 0.3) is 0 Å². The van der Waals surface area contributed by atoms with Crippen LogP contribution in [0.3, 0.4) is 0 Å². The highest BCUT2D eigenvalue weighted by molar-refractivity contribution is 7.89. The minimum Gasteiger partial charge on any atom is -0.257 e. The Bertz CT molecular complexity index is 1650. The van der Waals surface area contributed by atoms with E-state index in [4.69, 9.17) is 4.98 Å². The highest BCUT2D eigenvalue weighted by Crippen LogP contribution is 2.69. The summed E-state index contributed by atoms with van der Waals surface area (Å²) >= 11 is 0. The molecule has 6 rings (SSSR count). The Kier molecular flexibility index (Phi) is 5.14. The lowest BCUT2D eigenvalue weighted by atomic mass is 9.66. The Balaban J connectivity index is 1.45. The van der Waals surface area contributed by atoms with Crippen molar-refractivity contribution in [1.82, 2.24) is 25.0 Å². The molecule has 2 bridgehead atoms. The van der Waals surface area contributed by atoms with Crippen LogP contribution < -0.4 is 0 Å². The summed E-state index contributed by atoms with van der Waals surface area (Å²) in [5, 5.41) is 13.1. The lowest BCUT2D eigenvalue weighted by Crippen LogP contribution is -2.37. The van der Waals surface area contributed by atoms with Crippen molar-refractivity contribution in [3.8, 4) is 22.5 Å². The van der Waals surface area contributed by atoms with Gasteiger partial charge in [0.2, 0.25) is 0 Å². The summed E-state index contributed by atoms with van der Waals surface area (Å²) in [5.41, 5.74) is 3.22. The molecule has 0 unspecified atom stereocenters. The fraction of sp³-hybridized carbons (Fsp3) is 0.333. The van der Waals surface area contributed by atoms with Crippen LogP contribution in [-0.2, 0) is 21.1 Å². The highest BCUT2D eigenvalue weighted by atomic mass is 32.2. The number of hydrogen-bond acceptors (Lipinski definition) is 6. The third-order valence-electron chi connectivity index (χ3n) is 8.08. The summed E-state index contributed by atoms with van der Waals surface area (Å²) in [6.07, 6.45) is 6.16. The van der Waals surface area contributed by atoms with E-state index in [-0.39, 0.29) is 28.5 Å². The van der Waals surface area contributed by atoms with Gasteiger partial charge in [-0.1, -0.05) is 26.0 Å². The molecular formula is C27H25F2N5O2S. The van der Waals surface area contributed by atoms with E-state index in [1.165, 1.54) is 22.9 Å². The average molecular weight is 522 g/mol. The Labute approximate surface area is 213 Å². The topological polar surface area (TPSA) is 90.6 Å². The molecule has 1 aromatic carbocycles. The van der Waals surface area contributed by atoms with Gasteiger partial charge in [-0.15, -0.1) is 5.10 Å². The van der Waals surface area contributed by atoms with Crippen molar-refractivity contribution in [3.63, 3.8) is 0 Å². The number of sulfone groups is 1. The maximum absolute atomic E-state index is 14.5. The van der Waals surface area contributed by atoms with Gasteiger partial charge in [-0.2, -0.15) is 10.2 Å². The number of pyridine rings is 1.